The van der Waals surface area contributed by atoms with E-state index < -0.39 is 10.0 Å². The van der Waals surface area contributed by atoms with E-state index in [9.17, 15) is 8.42 Å². The zero-order valence-corrected chi connectivity index (χ0v) is 10.9. The molecule has 3 aromatic rings. The zero-order valence-electron chi connectivity index (χ0n) is 10.1. The van der Waals surface area contributed by atoms with Crippen LogP contribution in [0.25, 0.3) is 11.2 Å². The minimum absolute atomic E-state index is 0.135. The number of benzene rings is 2. The lowest BCUT2D eigenvalue weighted by Crippen LogP contribution is -2.13. The second-order valence-electron chi connectivity index (χ2n) is 4.02. The van der Waals surface area contributed by atoms with Crippen molar-refractivity contribution >= 4 is 26.9 Å². The van der Waals surface area contributed by atoms with Crippen molar-refractivity contribution in [3.05, 3.63) is 42.5 Å². The van der Waals surface area contributed by atoms with Gasteiger partial charge < -0.3 is 9.15 Å². The van der Waals surface area contributed by atoms with Crippen LogP contribution in [0.15, 0.2) is 51.8 Å². The lowest BCUT2D eigenvalue weighted by Gasteiger charge is -2.10. The number of nitrogens with one attached hydrogen (secondary N) is 1. The van der Waals surface area contributed by atoms with Gasteiger partial charge in [0.05, 0.1) is 12.8 Å². The van der Waals surface area contributed by atoms with Crippen molar-refractivity contribution in [2.24, 2.45) is 0 Å². The van der Waals surface area contributed by atoms with Gasteiger partial charge in [-0.25, -0.2) is 8.42 Å². The monoisotopic (exact) mass is 277 g/mol. The molecule has 1 N–H and O–H groups in total. The van der Waals surface area contributed by atoms with Gasteiger partial charge in [0.1, 0.15) is 21.8 Å². The van der Waals surface area contributed by atoms with Crippen molar-refractivity contribution in [1.82, 2.24) is 0 Å². The quantitative estimate of drug-likeness (QED) is 0.796. The average Bonchev–Trinajstić information content (AvgIpc) is 3.01. The Balaban J connectivity index is 2.00. The summed E-state index contributed by atoms with van der Waals surface area (Å²) < 4.78 is 37.4. The van der Waals surface area contributed by atoms with Gasteiger partial charge in [0.2, 0.25) is 0 Å². The Morgan fingerprint density at radius 2 is 1.95 bits per heavy atom. The summed E-state index contributed by atoms with van der Waals surface area (Å²) in [5.74, 6) is 0.462. The Hall–Kier alpha value is -2.21. The van der Waals surface area contributed by atoms with E-state index in [0.29, 0.717) is 22.6 Å². The van der Waals surface area contributed by atoms with Crippen LogP contribution >= 0.6 is 0 Å². The van der Waals surface area contributed by atoms with E-state index in [2.05, 4.69) is 4.72 Å². The highest BCUT2D eigenvalue weighted by molar-refractivity contribution is 7.93. The van der Waals surface area contributed by atoms with Crippen LogP contribution in [0, 0.1) is 0 Å². The van der Waals surface area contributed by atoms with E-state index in [1.165, 1.54) is 13.2 Å². The van der Waals surface area contributed by atoms with Gasteiger partial charge in [-0.15, -0.1) is 0 Å². The van der Waals surface area contributed by atoms with Gasteiger partial charge in [-0.05, 0) is 24.3 Å². The second kappa shape index (κ2) is 4.17. The fraction of sp³-hybridized carbons (Fsp3) is 0.0769. The predicted octanol–water partition coefficient (Wildman–Crippen LogP) is 2.68. The maximum atomic E-state index is 12.3. The van der Waals surface area contributed by atoms with Gasteiger partial charge in [-0.2, -0.15) is 0 Å². The number of anilines is 1. The summed E-state index contributed by atoms with van der Waals surface area (Å²) in [7, 11) is -2.19. The van der Waals surface area contributed by atoms with Crippen LogP contribution in [0.3, 0.4) is 0 Å². The Morgan fingerprint density at radius 3 is 2.58 bits per heavy atom. The van der Waals surface area contributed by atoms with Crippen LogP contribution in [0.4, 0.5) is 5.69 Å². The molecule has 2 heterocycles. The zero-order chi connectivity index (χ0) is 13.5. The van der Waals surface area contributed by atoms with Crippen molar-refractivity contribution in [1.29, 1.82) is 0 Å². The van der Waals surface area contributed by atoms with Crippen molar-refractivity contribution in [2.75, 3.05) is 11.8 Å². The summed E-state index contributed by atoms with van der Waals surface area (Å²) in [6, 6.07) is 11.7. The molecule has 2 aromatic heterocycles. The van der Waals surface area contributed by atoms with E-state index in [0.717, 1.165) is 0 Å². The van der Waals surface area contributed by atoms with Gasteiger partial charge in [0.15, 0.2) is 0 Å². The number of para-hydroxylation sites is 2. The Labute approximate surface area is 110 Å². The smallest absolute Gasteiger partial charge is 0.265 e. The largest absolute Gasteiger partial charge is 0.495 e. The van der Waals surface area contributed by atoms with E-state index in [1.807, 2.05) is 0 Å². The van der Waals surface area contributed by atoms with Crippen molar-refractivity contribution < 1.29 is 17.6 Å². The number of methoxy groups -OCH3 is 1. The number of hydrogen-bond donors (Lipinski definition) is 1. The van der Waals surface area contributed by atoms with E-state index in [1.54, 1.807) is 36.4 Å². The van der Waals surface area contributed by atoms with E-state index in [-0.39, 0.29) is 4.90 Å². The normalized spacial score (nSPS) is 11.8. The standard InChI is InChI=1S/C13H11NO4S/c1-17-11-5-3-2-4-10(11)14-19(15,16)13-8-9-6-7-12(13)18-9/h2-8,14H,1H3. The molecular formula is C13H11NO4S. The predicted molar refractivity (Wildman–Crippen MR) is 71.2 cm³/mol. The van der Waals surface area contributed by atoms with Crippen molar-refractivity contribution in [2.45, 2.75) is 4.90 Å². The fourth-order valence-electron chi connectivity index (χ4n) is 1.90. The molecule has 2 bridgehead atoms. The maximum absolute atomic E-state index is 12.3. The first kappa shape index (κ1) is 11.9. The molecule has 0 aliphatic rings. The molecule has 0 spiro atoms. The minimum Gasteiger partial charge on any atom is -0.495 e. The van der Waals surface area contributed by atoms with Crippen molar-refractivity contribution in [3.63, 3.8) is 0 Å². The molecule has 0 amide bonds. The third-order valence-corrected chi connectivity index (χ3v) is 4.17. The van der Waals surface area contributed by atoms with Crippen LogP contribution in [-0.2, 0) is 10.0 Å². The molecule has 0 fully saturated rings. The van der Waals surface area contributed by atoms with Gasteiger partial charge >= 0.3 is 0 Å². The number of fused-ring (bicyclic) bond motifs is 2. The molecule has 19 heavy (non-hydrogen) atoms. The average molecular weight is 277 g/mol. The summed E-state index contributed by atoms with van der Waals surface area (Å²) >= 11 is 0. The summed E-state index contributed by atoms with van der Waals surface area (Å²) in [4.78, 5) is 0.135. The first-order valence-corrected chi connectivity index (χ1v) is 7.06. The van der Waals surface area contributed by atoms with Crippen molar-refractivity contribution in [3.8, 4) is 5.75 Å². The third-order valence-electron chi connectivity index (χ3n) is 2.78. The fourth-order valence-corrected chi connectivity index (χ4v) is 3.12. The lowest BCUT2D eigenvalue weighted by atomic mass is 10.3. The SMILES string of the molecule is COc1ccccc1NS(=O)(=O)c1cc2ccc1o2. The molecule has 0 radical (unpaired) electrons. The molecule has 0 saturated heterocycles. The molecule has 0 saturated carbocycles. The molecule has 0 unspecified atom stereocenters. The summed E-state index contributed by atoms with van der Waals surface area (Å²) in [6.45, 7) is 0. The highest BCUT2D eigenvalue weighted by Gasteiger charge is 2.22. The Bertz CT molecular complexity index is 807. The molecule has 5 nitrogen and oxygen atoms in total. The first-order chi connectivity index (χ1) is 9.10. The topological polar surface area (TPSA) is 68.5 Å². The molecule has 0 atom stereocenters. The van der Waals surface area contributed by atoms with Gasteiger partial charge in [-0.1, -0.05) is 12.1 Å². The van der Waals surface area contributed by atoms with Gasteiger partial charge in [0, 0.05) is 6.07 Å². The first-order valence-electron chi connectivity index (χ1n) is 5.58. The highest BCUT2D eigenvalue weighted by Crippen LogP contribution is 2.30. The number of rotatable bonds is 4. The molecule has 3 rings (SSSR count). The Kier molecular flexibility index (Phi) is 2.60. The summed E-state index contributed by atoms with van der Waals surface area (Å²) in [5.41, 5.74) is 1.27. The van der Waals surface area contributed by atoms with Crippen LogP contribution < -0.4 is 9.46 Å². The molecule has 0 aliphatic carbocycles. The molecule has 1 aromatic carbocycles. The van der Waals surface area contributed by atoms with Crippen LogP contribution in [0.1, 0.15) is 0 Å². The summed E-state index contributed by atoms with van der Waals surface area (Å²) in [6.07, 6.45) is 0. The van der Waals surface area contributed by atoms with Crippen LogP contribution in [-0.4, -0.2) is 15.5 Å². The van der Waals surface area contributed by atoms with Gasteiger partial charge in [-0.3, -0.25) is 4.72 Å². The highest BCUT2D eigenvalue weighted by atomic mass is 32.2. The maximum Gasteiger partial charge on any atom is 0.265 e. The van der Waals surface area contributed by atoms with E-state index in [4.69, 9.17) is 9.15 Å². The Morgan fingerprint density at radius 1 is 1.16 bits per heavy atom. The summed E-state index contributed by atoms with van der Waals surface area (Å²) in [5, 5.41) is 0. The van der Waals surface area contributed by atoms with E-state index >= 15 is 0 Å². The van der Waals surface area contributed by atoms with Crippen LogP contribution in [0.5, 0.6) is 5.75 Å². The van der Waals surface area contributed by atoms with Crippen LogP contribution in [0.2, 0.25) is 0 Å². The molecular weight excluding hydrogens is 266 g/mol. The second-order valence-corrected chi connectivity index (χ2v) is 5.67. The number of sulfonamides is 1. The molecule has 0 aliphatic heterocycles. The minimum atomic E-state index is -3.68. The number of furan rings is 2. The number of ether oxygens (including phenoxy) is 1. The third kappa shape index (κ3) is 2.00. The lowest BCUT2D eigenvalue weighted by molar-refractivity contribution is 0.417. The molecule has 6 heteroatoms. The van der Waals surface area contributed by atoms with Gasteiger partial charge in [0.25, 0.3) is 10.0 Å². The number of hydrogen-bond acceptors (Lipinski definition) is 4. The molecule has 98 valence electrons.